The summed E-state index contributed by atoms with van der Waals surface area (Å²) in [5.74, 6) is -1.94. The number of carboxylic acids is 1. The number of hydrogen-bond donors (Lipinski definition) is 3. The van der Waals surface area contributed by atoms with Crippen LogP contribution in [0.25, 0.3) is 0 Å². The smallest absolute Gasteiger partial charge is 0.326 e. The number of aryl methyl sites for hydroxylation is 1. The fourth-order valence-electron chi connectivity index (χ4n) is 1.88. The maximum Gasteiger partial charge on any atom is 0.326 e. The van der Waals surface area contributed by atoms with Crippen molar-refractivity contribution in [3.05, 3.63) is 35.9 Å². The molecule has 6 heteroatoms. The molecule has 0 spiro atoms. The van der Waals surface area contributed by atoms with Gasteiger partial charge in [-0.3, -0.25) is 9.59 Å². The van der Waals surface area contributed by atoms with E-state index in [1.54, 1.807) is 0 Å². The molecule has 1 unspecified atom stereocenters. The van der Waals surface area contributed by atoms with E-state index in [0.29, 0.717) is 6.42 Å². The maximum absolute atomic E-state index is 11.8. The van der Waals surface area contributed by atoms with E-state index in [1.165, 1.54) is 13.8 Å². The minimum atomic E-state index is -1.09. The van der Waals surface area contributed by atoms with Crippen molar-refractivity contribution in [1.82, 2.24) is 10.6 Å². The first-order valence-corrected chi connectivity index (χ1v) is 6.74. The minimum Gasteiger partial charge on any atom is -0.480 e. The highest BCUT2D eigenvalue weighted by molar-refractivity contribution is 5.89. The zero-order valence-corrected chi connectivity index (χ0v) is 12.1. The lowest BCUT2D eigenvalue weighted by atomic mass is 10.0. The SMILES string of the molecule is CC(=O)NC(C)C(=O)N[C@@H](CCc1ccccc1)C(=O)O. The van der Waals surface area contributed by atoms with Crippen molar-refractivity contribution in [1.29, 1.82) is 0 Å². The number of amides is 2. The number of rotatable bonds is 7. The number of nitrogens with one attached hydrogen (secondary N) is 2. The van der Waals surface area contributed by atoms with Crippen LogP contribution in [0.1, 0.15) is 25.8 Å². The second kappa shape index (κ2) is 8.04. The zero-order chi connectivity index (χ0) is 15.8. The summed E-state index contributed by atoms with van der Waals surface area (Å²) in [4.78, 5) is 33.9. The fraction of sp³-hybridized carbons (Fsp3) is 0.400. The lowest BCUT2D eigenvalue weighted by molar-refractivity contribution is -0.142. The van der Waals surface area contributed by atoms with E-state index < -0.39 is 24.0 Å². The van der Waals surface area contributed by atoms with Gasteiger partial charge in [-0.1, -0.05) is 30.3 Å². The lowest BCUT2D eigenvalue weighted by Crippen LogP contribution is -2.50. The molecule has 0 aliphatic heterocycles. The first-order chi connectivity index (χ1) is 9.90. The van der Waals surface area contributed by atoms with Crippen molar-refractivity contribution in [3.63, 3.8) is 0 Å². The highest BCUT2D eigenvalue weighted by Gasteiger charge is 2.23. The number of carboxylic acid groups (broad SMARTS) is 1. The molecule has 114 valence electrons. The Morgan fingerprint density at radius 2 is 1.76 bits per heavy atom. The highest BCUT2D eigenvalue weighted by Crippen LogP contribution is 2.05. The molecule has 0 fully saturated rings. The Kier molecular flexibility index (Phi) is 6.39. The van der Waals surface area contributed by atoms with Crippen LogP contribution in [0, 0.1) is 0 Å². The summed E-state index contributed by atoms with van der Waals surface area (Å²) >= 11 is 0. The van der Waals surface area contributed by atoms with Gasteiger partial charge in [0.15, 0.2) is 0 Å². The quantitative estimate of drug-likeness (QED) is 0.690. The summed E-state index contributed by atoms with van der Waals surface area (Å²) in [6.45, 7) is 2.81. The molecule has 0 heterocycles. The van der Waals surface area contributed by atoms with Crippen LogP contribution in [0.4, 0.5) is 0 Å². The summed E-state index contributed by atoms with van der Waals surface area (Å²) in [7, 11) is 0. The number of carbonyl (C=O) groups excluding carboxylic acids is 2. The summed E-state index contributed by atoms with van der Waals surface area (Å²) in [5.41, 5.74) is 1.01. The first-order valence-electron chi connectivity index (χ1n) is 6.74. The average Bonchev–Trinajstić information content (AvgIpc) is 2.43. The van der Waals surface area contributed by atoms with Crippen LogP contribution in [0.3, 0.4) is 0 Å². The molecule has 0 bridgehead atoms. The fourth-order valence-corrected chi connectivity index (χ4v) is 1.88. The molecule has 2 atom stereocenters. The summed E-state index contributed by atoms with van der Waals surface area (Å²) in [5, 5.41) is 14.0. The molecule has 21 heavy (non-hydrogen) atoms. The molecular weight excluding hydrogens is 272 g/mol. The van der Waals surface area contributed by atoms with Crippen molar-refractivity contribution in [3.8, 4) is 0 Å². The zero-order valence-electron chi connectivity index (χ0n) is 12.1. The molecule has 0 radical (unpaired) electrons. The lowest BCUT2D eigenvalue weighted by Gasteiger charge is -2.18. The monoisotopic (exact) mass is 292 g/mol. The van der Waals surface area contributed by atoms with Gasteiger partial charge in [0.1, 0.15) is 12.1 Å². The van der Waals surface area contributed by atoms with Crippen molar-refractivity contribution in [2.45, 2.75) is 38.8 Å². The van der Waals surface area contributed by atoms with Gasteiger partial charge in [0.2, 0.25) is 11.8 Å². The van der Waals surface area contributed by atoms with E-state index in [9.17, 15) is 14.4 Å². The van der Waals surface area contributed by atoms with Crippen molar-refractivity contribution in [2.75, 3.05) is 0 Å². The van der Waals surface area contributed by atoms with Crippen LogP contribution in [0.5, 0.6) is 0 Å². The molecule has 0 aliphatic carbocycles. The van der Waals surface area contributed by atoms with Crippen molar-refractivity contribution >= 4 is 17.8 Å². The number of carbonyl (C=O) groups is 3. The molecule has 1 rings (SSSR count). The number of hydrogen-bond acceptors (Lipinski definition) is 3. The van der Waals surface area contributed by atoms with Crippen LogP contribution in [-0.4, -0.2) is 35.0 Å². The van der Waals surface area contributed by atoms with E-state index in [-0.39, 0.29) is 12.3 Å². The van der Waals surface area contributed by atoms with E-state index in [0.717, 1.165) is 5.56 Å². The second-order valence-corrected chi connectivity index (χ2v) is 4.85. The molecule has 0 aliphatic rings. The highest BCUT2D eigenvalue weighted by atomic mass is 16.4. The molecule has 1 aromatic rings. The molecule has 1 aromatic carbocycles. The van der Waals surface area contributed by atoms with Crippen LogP contribution in [-0.2, 0) is 20.8 Å². The Bertz CT molecular complexity index is 502. The second-order valence-electron chi connectivity index (χ2n) is 4.85. The first kappa shape index (κ1) is 16.7. The summed E-state index contributed by atoms with van der Waals surface area (Å²) in [6, 6.07) is 7.71. The molecule has 0 saturated heterocycles. The Labute approximate surface area is 123 Å². The number of benzene rings is 1. The molecule has 0 aromatic heterocycles. The van der Waals surface area contributed by atoms with Gasteiger partial charge in [0.05, 0.1) is 0 Å². The van der Waals surface area contributed by atoms with Gasteiger partial charge in [0.25, 0.3) is 0 Å². The minimum absolute atomic E-state index is 0.290. The number of aliphatic carboxylic acids is 1. The predicted molar refractivity (Wildman–Crippen MR) is 77.6 cm³/mol. The van der Waals surface area contributed by atoms with Crippen molar-refractivity contribution < 1.29 is 19.5 Å². The molecule has 3 N–H and O–H groups in total. The van der Waals surface area contributed by atoms with Gasteiger partial charge >= 0.3 is 5.97 Å². The van der Waals surface area contributed by atoms with Gasteiger partial charge in [-0.2, -0.15) is 0 Å². The average molecular weight is 292 g/mol. The Morgan fingerprint density at radius 3 is 2.29 bits per heavy atom. The molecular formula is C15H20N2O4. The Balaban J connectivity index is 2.55. The summed E-state index contributed by atoms with van der Waals surface area (Å²) < 4.78 is 0. The third-order valence-electron chi connectivity index (χ3n) is 2.99. The standard InChI is InChI=1S/C15H20N2O4/c1-10(16-11(2)18)14(19)17-13(15(20)21)9-8-12-6-4-3-5-7-12/h3-7,10,13H,8-9H2,1-2H3,(H,16,18)(H,17,19)(H,20,21)/t10?,13-/m0/s1. The van der Waals surface area contributed by atoms with Gasteiger partial charge < -0.3 is 15.7 Å². The van der Waals surface area contributed by atoms with Gasteiger partial charge in [-0.25, -0.2) is 4.79 Å². The Morgan fingerprint density at radius 1 is 1.14 bits per heavy atom. The van der Waals surface area contributed by atoms with E-state index >= 15 is 0 Å². The molecule has 0 saturated carbocycles. The molecule has 2 amide bonds. The van der Waals surface area contributed by atoms with E-state index in [2.05, 4.69) is 10.6 Å². The van der Waals surface area contributed by atoms with Gasteiger partial charge in [0, 0.05) is 6.92 Å². The van der Waals surface area contributed by atoms with Crippen LogP contribution in [0.2, 0.25) is 0 Å². The van der Waals surface area contributed by atoms with E-state index in [4.69, 9.17) is 5.11 Å². The Hall–Kier alpha value is -2.37. The van der Waals surface area contributed by atoms with Gasteiger partial charge in [-0.15, -0.1) is 0 Å². The van der Waals surface area contributed by atoms with E-state index in [1.807, 2.05) is 30.3 Å². The topological polar surface area (TPSA) is 95.5 Å². The normalized spacial score (nSPS) is 13.0. The largest absolute Gasteiger partial charge is 0.480 e. The van der Waals surface area contributed by atoms with Crippen LogP contribution in [0.15, 0.2) is 30.3 Å². The van der Waals surface area contributed by atoms with Crippen molar-refractivity contribution in [2.24, 2.45) is 0 Å². The predicted octanol–water partition coefficient (Wildman–Crippen LogP) is 0.713. The third-order valence-corrected chi connectivity index (χ3v) is 2.99. The van der Waals surface area contributed by atoms with Crippen LogP contribution < -0.4 is 10.6 Å². The third kappa shape index (κ3) is 6.07. The van der Waals surface area contributed by atoms with Crippen LogP contribution >= 0.6 is 0 Å². The maximum atomic E-state index is 11.8. The molecule has 6 nitrogen and oxygen atoms in total. The van der Waals surface area contributed by atoms with Gasteiger partial charge in [-0.05, 0) is 25.3 Å². The summed E-state index contributed by atoms with van der Waals surface area (Å²) in [6.07, 6.45) is 0.838.